The van der Waals surface area contributed by atoms with E-state index < -0.39 is 13.9 Å². The van der Waals surface area contributed by atoms with E-state index in [1.807, 2.05) is 0 Å². The lowest BCUT2D eigenvalue weighted by Crippen LogP contribution is -1.98. The van der Waals surface area contributed by atoms with E-state index in [0.29, 0.717) is 6.61 Å². The van der Waals surface area contributed by atoms with Crippen molar-refractivity contribution in [1.82, 2.24) is 0 Å². The van der Waals surface area contributed by atoms with Crippen LogP contribution in [0, 0.1) is 0 Å². The molecule has 0 saturated heterocycles. The van der Waals surface area contributed by atoms with Gasteiger partial charge in [-0.3, -0.25) is 0 Å². The second-order valence-corrected chi connectivity index (χ2v) is 4.92. The fourth-order valence-corrected chi connectivity index (χ4v) is 1.54. The molecule has 0 bridgehead atoms. The molecule has 0 spiro atoms. The average molecular weight is 197 g/mol. The Kier molecular flexibility index (Phi) is 7.28. The van der Waals surface area contributed by atoms with Crippen molar-refractivity contribution in [3.8, 4) is 0 Å². The molecule has 0 aliphatic rings. The lowest BCUT2D eigenvalue weighted by molar-refractivity contribution is 0.237. The summed E-state index contributed by atoms with van der Waals surface area (Å²) in [4.78, 5) is 0. The summed E-state index contributed by atoms with van der Waals surface area (Å²) in [5, 5.41) is 8.76. The van der Waals surface area contributed by atoms with Gasteiger partial charge in [-0.25, -0.2) is 0 Å². The van der Waals surface area contributed by atoms with Crippen molar-refractivity contribution < 1.29 is 14.2 Å². The van der Waals surface area contributed by atoms with Crippen LogP contribution in [0.4, 0.5) is 0 Å². The molecule has 1 N–H and O–H groups in total. The first-order valence-electron chi connectivity index (χ1n) is 3.53. The van der Waals surface area contributed by atoms with Gasteiger partial charge >= 0.3 is 8.03 Å². The van der Waals surface area contributed by atoms with Gasteiger partial charge in [0.2, 0.25) is 0 Å². The van der Waals surface area contributed by atoms with E-state index in [2.05, 4.69) is 6.92 Å². The maximum atomic E-state index is 10.8. The smallest absolute Gasteiger partial charge is 0.349 e. The van der Waals surface area contributed by atoms with Gasteiger partial charge in [0, 0.05) is 12.7 Å². The summed E-state index contributed by atoms with van der Waals surface area (Å²) >= 11 is 1.73. The monoisotopic (exact) mass is 197 g/mol. The molecule has 2 unspecified atom stereocenters. The van der Waals surface area contributed by atoms with Crippen LogP contribution in [-0.2, 0) is 9.09 Å². The minimum atomic E-state index is -1.86. The number of thioether (sulfide) groups is 1. The maximum Gasteiger partial charge on any atom is 0.539 e. The molecule has 0 rings (SSSR count). The molecule has 0 aromatic rings. The molecule has 0 saturated carbocycles. The molecule has 3 nitrogen and oxygen atoms in total. The van der Waals surface area contributed by atoms with Crippen LogP contribution < -0.4 is 0 Å². The Bertz CT molecular complexity index is 118. The van der Waals surface area contributed by atoms with Crippen molar-refractivity contribution in [2.75, 3.05) is 18.1 Å². The highest BCUT2D eigenvalue weighted by molar-refractivity contribution is 7.99. The minimum absolute atomic E-state index is 0.457. The van der Waals surface area contributed by atoms with Crippen molar-refractivity contribution >= 4 is 19.8 Å². The first kappa shape index (κ1) is 11.4. The molecular formula is C6H14O3PS+. The fourth-order valence-electron chi connectivity index (χ4n) is 0.438. The zero-order valence-corrected chi connectivity index (χ0v) is 8.53. The Hall–Kier alpha value is 0.370. The van der Waals surface area contributed by atoms with E-state index in [0.717, 1.165) is 11.5 Å². The molecule has 0 aliphatic carbocycles. The van der Waals surface area contributed by atoms with Crippen molar-refractivity contribution in [3.63, 3.8) is 0 Å². The molecule has 2 atom stereocenters. The third-order valence-corrected chi connectivity index (χ3v) is 2.87. The van der Waals surface area contributed by atoms with Crippen LogP contribution in [-0.4, -0.2) is 29.1 Å². The van der Waals surface area contributed by atoms with Gasteiger partial charge in [-0.15, -0.1) is 4.52 Å². The average Bonchev–Trinajstić information content (AvgIpc) is 1.97. The Labute approximate surface area is 72.4 Å². The standard InChI is InChI=1S/C6H14O3PS/c1-3-11-5-4-9-10(8)6(2)7/h6-7H,3-5H2,1-2H3/q+1. The summed E-state index contributed by atoms with van der Waals surface area (Å²) in [6, 6.07) is 0. The maximum absolute atomic E-state index is 10.8. The first-order valence-corrected chi connectivity index (χ1v) is 5.93. The van der Waals surface area contributed by atoms with Gasteiger partial charge in [-0.1, -0.05) is 6.92 Å². The van der Waals surface area contributed by atoms with Gasteiger partial charge in [-0.2, -0.15) is 11.8 Å². The van der Waals surface area contributed by atoms with E-state index in [1.165, 1.54) is 6.92 Å². The SMILES string of the molecule is CCSCCO[P+](=O)C(C)O. The largest absolute Gasteiger partial charge is 0.539 e. The highest BCUT2D eigenvalue weighted by atomic mass is 32.2. The van der Waals surface area contributed by atoms with Crippen LogP contribution in [0.3, 0.4) is 0 Å². The number of hydrogen-bond donors (Lipinski definition) is 1. The van der Waals surface area contributed by atoms with Gasteiger partial charge in [0.1, 0.15) is 6.61 Å². The number of hydrogen-bond acceptors (Lipinski definition) is 4. The van der Waals surface area contributed by atoms with Gasteiger partial charge in [0.15, 0.2) is 0 Å². The van der Waals surface area contributed by atoms with E-state index >= 15 is 0 Å². The van der Waals surface area contributed by atoms with Crippen LogP contribution in [0.25, 0.3) is 0 Å². The Morgan fingerprint density at radius 1 is 1.73 bits per heavy atom. The van der Waals surface area contributed by atoms with Crippen LogP contribution >= 0.6 is 19.8 Å². The topological polar surface area (TPSA) is 46.5 Å². The minimum Gasteiger partial charge on any atom is -0.349 e. The molecule has 66 valence electrons. The van der Waals surface area contributed by atoms with E-state index in [-0.39, 0.29) is 0 Å². The number of aliphatic hydroxyl groups is 1. The third-order valence-electron chi connectivity index (χ3n) is 0.955. The summed E-state index contributed by atoms with van der Waals surface area (Å²) < 4.78 is 15.6. The highest BCUT2D eigenvalue weighted by Gasteiger charge is 2.24. The second kappa shape index (κ2) is 7.04. The fraction of sp³-hybridized carbons (Fsp3) is 1.00. The molecule has 0 heterocycles. The van der Waals surface area contributed by atoms with E-state index in [9.17, 15) is 4.57 Å². The number of aliphatic hydroxyl groups excluding tert-OH is 1. The Morgan fingerprint density at radius 3 is 2.82 bits per heavy atom. The number of rotatable bonds is 6. The highest BCUT2D eigenvalue weighted by Crippen LogP contribution is 2.26. The zero-order valence-electron chi connectivity index (χ0n) is 6.82. The van der Waals surface area contributed by atoms with Gasteiger partial charge < -0.3 is 5.11 Å². The molecule has 0 amide bonds. The van der Waals surface area contributed by atoms with Crippen LogP contribution in [0.1, 0.15) is 13.8 Å². The first-order chi connectivity index (χ1) is 5.18. The molecular weight excluding hydrogens is 183 g/mol. The van der Waals surface area contributed by atoms with Crippen LogP contribution in [0.15, 0.2) is 0 Å². The predicted octanol–water partition coefficient (Wildman–Crippen LogP) is 1.84. The molecule has 5 heteroatoms. The molecule has 0 aromatic carbocycles. The van der Waals surface area contributed by atoms with Crippen molar-refractivity contribution in [3.05, 3.63) is 0 Å². The molecule has 0 radical (unpaired) electrons. The van der Waals surface area contributed by atoms with Crippen molar-refractivity contribution in [1.29, 1.82) is 0 Å². The van der Waals surface area contributed by atoms with Crippen molar-refractivity contribution in [2.24, 2.45) is 0 Å². The predicted molar refractivity (Wildman–Crippen MR) is 48.2 cm³/mol. The van der Waals surface area contributed by atoms with Gasteiger partial charge in [0.25, 0.3) is 5.85 Å². The molecule has 0 aromatic heterocycles. The lowest BCUT2D eigenvalue weighted by atomic mass is 10.9. The van der Waals surface area contributed by atoms with Crippen molar-refractivity contribution in [2.45, 2.75) is 19.7 Å². The lowest BCUT2D eigenvalue weighted by Gasteiger charge is -1.92. The zero-order chi connectivity index (χ0) is 8.69. The molecule has 0 aliphatic heterocycles. The summed E-state index contributed by atoms with van der Waals surface area (Å²) in [6.07, 6.45) is 0. The third kappa shape index (κ3) is 6.76. The van der Waals surface area contributed by atoms with Gasteiger partial charge in [0.05, 0.1) is 0 Å². The van der Waals surface area contributed by atoms with E-state index in [1.54, 1.807) is 11.8 Å². The molecule has 0 fully saturated rings. The Balaban J connectivity index is 3.18. The second-order valence-electron chi connectivity index (χ2n) is 1.95. The molecule has 11 heavy (non-hydrogen) atoms. The van der Waals surface area contributed by atoms with Crippen LogP contribution in [0.2, 0.25) is 0 Å². The quantitative estimate of drug-likeness (QED) is 0.521. The van der Waals surface area contributed by atoms with Gasteiger partial charge in [-0.05, 0) is 10.3 Å². The van der Waals surface area contributed by atoms with Crippen LogP contribution in [0.5, 0.6) is 0 Å². The normalized spacial score (nSPS) is 14.6. The van der Waals surface area contributed by atoms with E-state index in [4.69, 9.17) is 9.63 Å². The summed E-state index contributed by atoms with van der Waals surface area (Å²) in [6.45, 7) is 3.98. The summed E-state index contributed by atoms with van der Waals surface area (Å²) in [5.74, 6) is 1.02. The summed E-state index contributed by atoms with van der Waals surface area (Å²) in [7, 11) is -1.86. The summed E-state index contributed by atoms with van der Waals surface area (Å²) in [5.41, 5.74) is 0. The Morgan fingerprint density at radius 2 is 2.36 bits per heavy atom.